The Bertz CT molecular complexity index is 470. The average Bonchev–Trinajstić information content (AvgIpc) is 2.98. The molecule has 0 nitrogen and oxygen atoms in total. The molecule has 3 aliphatic carbocycles. The summed E-state index contributed by atoms with van der Waals surface area (Å²) in [4.78, 5) is 0. The van der Waals surface area contributed by atoms with Crippen LogP contribution in [0.1, 0.15) is 119 Å². The van der Waals surface area contributed by atoms with Gasteiger partial charge >= 0.3 is 0 Å². The van der Waals surface area contributed by atoms with Crippen LogP contribution in [0.15, 0.2) is 0 Å². The normalized spacial score (nSPS) is 39.1. The molecule has 3 saturated carbocycles. The fraction of sp³-hybridized carbons (Fsp3) is 1.00. The molecule has 0 amide bonds. The summed E-state index contributed by atoms with van der Waals surface area (Å²) in [6.45, 7) is 17.3. The third-order valence-electron chi connectivity index (χ3n) is 10.4. The van der Waals surface area contributed by atoms with Crippen molar-refractivity contribution in [3.8, 4) is 0 Å². The van der Waals surface area contributed by atoms with E-state index in [9.17, 15) is 0 Å². The molecule has 0 bridgehead atoms. The fourth-order valence-corrected chi connectivity index (χ4v) is 8.94. The fourth-order valence-electron chi connectivity index (χ4n) is 8.94. The van der Waals surface area contributed by atoms with E-state index in [-0.39, 0.29) is 0 Å². The van der Waals surface area contributed by atoms with E-state index in [1.54, 1.807) is 25.7 Å². The summed E-state index contributed by atoms with van der Waals surface area (Å²) in [6, 6.07) is 0. The number of fused-ring (bicyclic) bond motifs is 3. The van der Waals surface area contributed by atoms with Crippen LogP contribution in [0.2, 0.25) is 0 Å². The highest BCUT2D eigenvalue weighted by atomic mass is 14.8. The second-order valence-corrected chi connectivity index (χ2v) is 11.5. The van der Waals surface area contributed by atoms with Gasteiger partial charge in [0, 0.05) is 0 Å². The molecule has 3 fully saturated rings. The minimum atomic E-state index is 0.745. The molecule has 7 atom stereocenters. The lowest BCUT2D eigenvalue weighted by Gasteiger charge is -2.39. The van der Waals surface area contributed by atoms with Crippen molar-refractivity contribution in [1.82, 2.24) is 0 Å². The lowest BCUT2D eigenvalue weighted by atomic mass is 9.65. The monoisotopic (exact) mass is 374 g/mol. The second-order valence-electron chi connectivity index (χ2n) is 11.5. The molecule has 0 aromatic rings. The van der Waals surface area contributed by atoms with E-state index in [0.717, 1.165) is 52.3 Å². The van der Waals surface area contributed by atoms with E-state index in [1.165, 1.54) is 44.9 Å². The van der Waals surface area contributed by atoms with Gasteiger partial charge in [-0.3, -0.25) is 0 Å². The summed E-state index contributed by atoms with van der Waals surface area (Å²) in [7, 11) is 0. The van der Waals surface area contributed by atoms with Crippen molar-refractivity contribution in [1.29, 1.82) is 0 Å². The molecule has 0 saturated heterocycles. The maximum atomic E-state index is 2.61. The smallest absolute Gasteiger partial charge is 0.0176 e. The van der Waals surface area contributed by atoms with Crippen molar-refractivity contribution in [3.05, 3.63) is 0 Å². The summed E-state index contributed by atoms with van der Waals surface area (Å²) >= 11 is 0. The average molecular weight is 375 g/mol. The molecular formula is C27H50. The third-order valence-corrected chi connectivity index (χ3v) is 10.4. The molecule has 0 N–H and O–H groups in total. The largest absolute Gasteiger partial charge is 0.0654 e. The highest BCUT2D eigenvalue weighted by Gasteiger charge is 2.78. The first-order chi connectivity index (χ1) is 12.9. The molecule has 0 radical (unpaired) electrons. The first-order valence-corrected chi connectivity index (χ1v) is 12.9. The van der Waals surface area contributed by atoms with E-state index in [0.29, 0.717) is 0 Å². The van der Waals surface area contributed by atoms with Crippen molar-refractivity contribution in [3.63, 3.8) is 0 Å². The van der Waals surface area contributed by atoms with Crippen molar-refractivity contribution < 1.29 is 0 Å². The molecule has 0 aliphatic heterocycles. The molecule has 158 valence electrons. The van der Waals surface area contributed by atoms with Crippen molar-refractivity contribution >= 4 is 0 Å². The van der Waals surface area contributed by atoms with Crippen LogP contribution in [0.25, 0.3) is 0 Å². The first-order valence-electron chi connectivity index (χ1n) is 12.9. The van der Waals surface area contributed by atoms with E-state index in [1.807, 2.05) is 0 Å². The second kappa shape index (κ2) is 8.39. The zero-order chi connectivity index (χ0) is 19.8. The standard InChI is InChI=1S/C27H50/c1-8-17-26(18-9-2)25-16-14-23-22(13-15-24(23)27(25,26)10-3)21(7)12-11-20(6)19(4)5/h19-25H,8-18H2,1-7H3. The number of hydrogen-bond acceptors (Lipinski definition) is 0. The van der Waals surface area contributed by atoms with Crippen molar-refractivity contribution in [2.24, 2.45) is 52.3 Å². The lowest BCUT2D eigenvalue weighted by molar-refractivity contribution is 0.0937. The Kier molecular flexibility index (Phi) is 6.75. The lowest BCUT2D eigenvalue weighted by Crippen LogP contribution is -2.32. The molecule has 7 unspecified atom stereocenters. The summed E-state index contributed by atoms with van der Waals surface area (Å²) in [5, 5.41) is 0. The molecule has 0 aromatic carbocycles. The van der Waals surface area contributed by atoms with Crippen LogP contribution < -0.4 is 0 Å². The summed E-state index contributed by atoms with van der Waals surface area (Å²) in [5.41, 5.74) is 1.50. The van der Waals surface area contributed by atoms with Crippen LogP contribution >= 0.6 is 0 Å². The van der Waals surface area contributed by atoms with Crippen LogP contribution in [-0.2, 0) is 0 Å². The molecular weight excluding hydrogens is 324 g/mol. The molecule has 3 rings (SSSR count). The van der Waals surface area contributed by atoms with Crippen LogP contribution in [0.5, 0.6) is 0 Å². The zero-order valence-corrected chi connectivity index (χ0v) is 19.8. The molecule has 0 aromatic heterocycles. The first kappa shape index (κ1) is 21.7. The van der Waals surface area contributed by atoms with Gasteiger partial charge in [0.25, 0.3) is 0 Å². The maximum Gasteiger partial charge on any atom is -0.0176 e. The van der Waals surface area contributed by atoms with E-state index >= 15 is 0 Å². The van der Waals surface area contributed by atoms with Gasteiger partial charge in [0.05, 0.1) is 0 Å². The zero-order valence-electron chi connectivity index (χ0n) is 19.8. The predicted octanol–water partition coefficient (Wildman–Crippen LogP) is 8.74. The van der Waals surface area contributed by atoms with Crippen LogP contribution in [0.3, 0.4) is 0 Å². The highest BCUT2D eigenvalue weighted by Crippen LogP contribution is 2.84. The Labute approximate surface area is 171 Å². The topological polar surface area (TPSA) is 0 Å². The maximum absolute atomic E-state index is 2.61. The Balaban J connectivity index is 1.71. The molecule has 0 spiro atoms. The SMILES string of the molecule is CCCC1(CCC)C2CCC3C(C(C)CCC(C)C(C)C)CCC3C21CC. The van der Waals surface area contributed by atoms with Crippen molar-refractivity contribution in [2.75, 3.05) is 0 Å². The molecule has 0 heterocycles. The van der Waals surface area contributed by atoms with E-state index in [4.69, 9.17) is 0 Å². The number of hydrogen-bond donors (Lipinski definition) is 0. The minimum absolute atomic E-state index is 0.745. The highest BCUT2D eigenvalue weighted by molar-refractivity contribution is 5.26. The van der Waals surface area contributed by atoms with E-state index < -0.39 is 0 Å². The van der Waals surface area contributed by atoms with Gasteiger partial charge in [0.2, 0.25) is 0 Å². The quantitative estimate of drug-likeness (QED) is 0.358. The number of rotatable bonds is 10. The van der Waals surface area contributed by atoms with Gasteiger partial charge in [0.15, 0.2) is 0 Å². The third kappa shape index (κ3) is 3.34. The van der Waals surface area contributed by atoms with Gasteiger partial charge in [-0.15, -0.1) is 0 Å². The van der Waals surface area contributed by atoms with Gasteiger partial charge in [-0.1, -0.05) is 74.1 Å². The van der Waals surface area contributed by atoms with Crippen LogP contribution in [0, 0.1) is 52.3 Å². The van der Waals surface area contributed by atoms with E-state index in [2.05, 4.69) is 48.5 Å². The summed E-state index contributed by atoms with van der Waals surface area (Å²) in [6.07, 6.45) is 16.5. The van der Waals surface area contributed by atoms with Crippen LogP contribution in [-0.4, -0.2) is 0 Å². The Morgan fingerprint density at radius 1 is 0.815 bits per heavy atom. The Morgan fingerprint density at radius 3 is 2.04 bits per heavy atom. The van der Waals surface area contributed by atoms with Gasteiger partial charge in [0.1, 0.15) is 0 Å². The molecule has 0 heteroatoms. The van der Waals surface area contributed by atoms with Gasteiger partial charge < -0.3 is 0 Å². The van der Waals surface area contributed by atoms with Crippen LogP contribution in [0.4, 0.5) is 0 Å². The van der Waals surface area contributed by atoms with Crippen molar-refractivity contribution in [2.45, 2.75) is 119 Å². The summed E-state index contributed by atoms with van der Waals surface area (Å²) in [5.74, 6) is 6.98. The van der Waals surface area contributed by atoms with Gasteiger partial charge in [-0.2, -0.15) is 0 Å². The summed E-state index contributed by atoms with van der Waals surface area (Å²) < 4.78 is 0. The molecule has 3 aliphatic rings. The van der Waals surface area contributed by atoms with Gasteiger partial charge in [-0.25, -0.2) is 0 Å². The molecule has 27 heavy (non-hydrogen) atoms. The minimum Gasteiger partial charge on any atom is -0.0654 e. The Hall–Kier alpha value is 0. The predicted molar refractivity (Wildman–Crippen MR) is 120 cm³/mol. The Morgan fingerprint density at radius 2 is 1.48 bits per heavy atom. The van der Waals surface area contributed by atoms with Gasteiger partial charge in [-0.05, 0) is 97.2 Å².